The Hall–Kier alpha value is -1.50. The number of nitrogens with two attached hydrogens (primary N) is 1. The van der Waals surface area contributed by atoms with Gasteiger partial charge in [0.2, 0.25) is 0 Å². The highest BCUT2D eigenvalue weighted by atomic mass is 79.9. The van der Waals surface area contributed by atoms with E-state index in [1.807, 2.05) is 0 Å². The Morgan fingerprint density at radius 2 is 2.00 bits per heavy atom. The van der Waals surface area contributed by atoms with E-state index >= 15 is 0 Å². The lowest BCUT2D eigenvalue weighted by atomic mass is 10.1. The summed E-state index contributed by atoms with van der Waals surface area (Å²) in [5.41, 5.74) is 6.82. The van der Waals surface area contributed by atoms with E-state index in [2.05, 4.69) is 21.2 Å². The van der Waals surface area contributed by atoms with Crippen molar-refractivity contribution in [1.82, 2.24) is 0 Å². The molecule has 108 valence electrons. The van der Waals surface area contributed by atoms with Crippen LogP contribution in [0.3, 0.4) is 0 Å². The third-order valence-electron chi connectivity index (χ3n) is 2.68. The molecular formula is C14H9BrClFN2OS. The monoisotopic (exact) mass is 386 g/mol. The van der Waals surface area contributed by atoms with Crippen molar-refractivity contribution in [1.29, 1.82) is 0 Å². The Morgan fingerprint density at radius 1 is 1.29 bits per heavy atom. The maximum Gasteiger partial charge on any atom is 0.256 e. The van der Waals surface area contributed by atoms with Crippen LogP contribution >= 0.6 is 39.7 Å². The molecule has 0 spiro atoms. The molecule has 0 saturated heterocycles. The Morgan fingerprint density at radius 3 is 2.57 bits per heavy atom. The topological polar surface area (TPSA) is 55.1 Å². The first-order valence-electron chi connectivity index (χ1n) is 5.74. The summed E-state index contributed by atoms with van der Waals surface area (Å²) in [4.78, 5) is 12.4. The predicted molar refractivity (Wildman–Crippen MR) is 89.4 cm³/mol. The molecule has 21 heavy (non-hydrogen) atoms. The zero-order valence-corrected chi connectivity index (χ0v) is 13.7. The first-order chi connectivity index (χ1) is 9.88. The van der Waals surface area contributed by atoms with Gasteiger partial charge in [0, 0.05) is 10.0 Å². The second-order valence-electron chi connectivity index (χ2n) is 4.14. The third kappa shape index (κ3) is 3.78. The molecule has 0 aliphatic carbocycles. The quantitative estimate of drug-likeness (QED) is 0.779. The highest BCUT2D eigenvalue weighted by Crippen LogP contribution is 2.25. The van der Waals surface area contributed by atoms with E-state index in [-0.39, 0.29) is 4.99 Å². The SMILES string of the molecule is NC(=S)c1ccc(NC(=O)c2ccc(F)cc2Br)c(Cl)c1. The van der Waals surface area contributed by atoms with Crippen molar-refractivity contribution in [3.8, 4) is 0 Å². The fraction of sp³-hybridized carbons (Fsp3) is 0. The summed E-state index contributed by atoms with van der Waals surface area (Å²) in [7, 11) is 0. The average molecular weight is 388 g/mol. The molecule has 3 nitrogen and oxygen atoms in total. The highest BCUT2D eigenvalue weighted by Gasteiger charge is 2.13. The number of rotatable bonds is 3. The molecule has 3 N–H and O–H groups in total. The molecule has 7 heteroatoms. The van der Waals surface area contributed by atoms with E-state index in [4.69, 9.17) is 29.6 Å². The molecule has 1 amide bonds. The smallest absolute Gasteiger partial charge is 0.256 e. The largest absolute Gasteiger partial charge is 0.389 e. The lowest BCUT2D eigenvalue weighted by Gasteiger charge is -2.10. The molecule has 0 aliphatic rings. The van der Waals surface area contributed by atoms with Gasteiger partial charge >= 0.3 is 0 Å². The van der Waals surface area contributed by atoms with E-state index < -0.39 is 11.7 Å². The molecule has 0 radical (unpaired) electrons. The minimum absolute atomic E-state index is 0.219. The van der Waals surface area contributed by atoms with Crippen LogP contribution in [0.15, 0.2) is 40.9 Å². The van der Waals surface area contributed by atoms with Crippen LogP contribution in [0.4, 0.5) is 10.1 Å². The number of hydrogen-bond acceptors (Lipinski definition) is 2. The van der Waals surface area contributed by atoms with Crippen molar-refractivity contribution >= 4 is 56.3 Å². The summed E-state index contributed by atoms with van der Waals surface area (Å²) in [6, 6.07) is 8.63. The summed E-state index contributed by atoms with van der Waals surface area (Å²) in [5, 5.41) is 2.96. The number of halogens is 3. The summed E-state index contributed by atoms with van der Waals surface area (Å²) < 4.78 is 13.4. The lowest BCUT2D eigenvalue weighted by molar-refractivity contribution is 0.102. The van der Waals surface area contributed by atoms with Gasteiger partial charge in [-0.25, -0.2) is 4.39 Å². The van der Waals surface area contributed by atoms with Crippen molar-refractivity contribution in [3.63, 3.8) is 0 Å². The highest BCUT2D eigenvalue weighted by molar-refractivity contribution is 9.10. The third-order valence-corrected chi connectivity index (χ3v) is 3.88. The molecule has 0 fully saturated rings. The number of anilines is 1. The van der Waals surface area contributed by atoms with Gasteiger partial charge in [-0.15, -0.1) is 0 Å². The minimum atomic E-state index is -0.433. The molecule has 0 heterocycles. The summed E-state index contributed by atoms with van der Waals surface area (Å²) in [6.45, 7) is 0. The number of benzene rings is 2. The van der Waals surface area contributed by atoms with Crippen molar-refractivity contribution in [2.75, 3.05) is 5.32 Å². The number of thiocarbonyl (C=S) groups is 1. The molecule has 0 saturated carbocycles. The van der Waals surface area contributed by atoms with Gasteiger partial charge in [0.05, 0.1) is 16.3 Å². The van der Waals surface area contributed by atoms with Crippen molar-refractivity contribution in [2.24, 2.45) is 5.73 Å². The molecular weight excluding hydrogens is 379 g/mol. The predicted octanol–water partition coefficient (Wildman–Crippen LogP) is 4.13. The van der Waals surface area contributed by atoms with Crippen LogP contribution in [-0.4, -0.2) is 10.9 Å². The van der Waals surface area contributed by atoms with Gasteiger partial charge in [-0.3, -0.25) is 4.79 Å². The van der Waals surface area contributed by atoms with Gasteiger partial charge in [0.25, 0.3) is 5.91 Å². The molecule has 0 unspecified atom stereocenters. The summed E-state index contributed by atoms with van der Waals surface area (Å²) in [5.74, 6) is -0.843. The van der Waals surface area contributed by atoms with Crippen LogP contribution in [0.5, 0.6) is 0 Å². The molecule has 2 aromatic carbocycles. The molecule has 0 aromatic heterocycles. The number of carbonyl (C=O) groups is 1. The second-order valence-corrected chi connectivity index (χ2v) is 5.84. The van der Waals surface area contributed by atoms with Gasteiger partial charge in [-0.2, -0.15) is 0 Å². The Labute approximate surface area is 139 Å². The first-order valence-corrected chi connectivity index (χ1v) is 7.32. The van der Waals surface area contributed by atoms with Gasteiger partial charge < -0.3 is 11.1 Å². The van der Waals surface area contributed by atoms with E-state index in [1.54, 1.807) is 18.2 Å². The zero-order valence-electron chi connectivity index (χ0n) is 10.5. The van der Waals surface area contributed by atoms with E-state index in [0.29, 0.717) is 26.3 Å². The van der Waals surface area contributed by atoms with E-state index in [0.717, 1.165) is 0 Å². The number of hydrogen-bond donors (Lipinski definition) is 2. The fourth-order valence-corrected chi connectivity index (χ4v) is 2.52. The lowest BCUT2D eigenvalue weighted by Crippen LogP contribution is -2.14. The van der Waals surface area contributed by atoms with Crippen LogP contribution in [0.1, 0.15) is 15.9 Å². The maximum absolute atomic E-state index is 13.0. The first kappa shape index (κ1) is 15.9. The normalized spacial score (nSPS) is 10.2. The second kappa shape index (κ2) is 6.51. The molecule has 0 aliphatic heterocycles. The van der Waals surface area contributed by atoms with Crippen LogP contribution in [0, 0.1) is 5.82 Å². The van der Waals surface area contributed by atoms with E-state index in [9.17, 15) is 9.18 Å². The Bertz CT molecular complexity index is 739. The van der Waals surface area contributed by atoms with E-state index in [1.165, 1.54) is 18.2 Å². The van der Waals surface area contributed by atoms with Gasteiger partial charge in [0.1, 0.15) is 10.8 Å². The van der Waals surface area contributed by atoms with Crippen molar-refractivity contribution < 1.29 is 9.18 Å². The number of carbonyl (C=O) groups excluding carboxylic acids is 1. The van der Waals surface area contributed by atoms with Crippen molar-refractivity contribution in [3.05, 3.63) is 62.8 Å². The van der Waals surface area contributed by atoms with Gasteiger partial charge in [-0.05, 0) is 52.3 Å². The van der Waals surface area contributed by atoms with Crippen LogP contribution < -0.4 is 11.1 Å². The van der Waals surface area contributed by atoms with Crippen molar-refractivity contribution in [2.45, 2.75) is 0 Å². The number of nitrogens with one attached hydrogen (secondary N) is 1. The van der Waals surface area contributed by atoms with Gasteiger partial charge in [-0.1, -0.05) is 23.8 Å². The minimum Gasteiger partial charge on any atom is -0.389 e. The van der Waals surface area contributed by atoms with Crippen LogP contribution in [0.2, 0.25) is 5.02 Å². The Kier molecular flexibility index (Phi) is 4.92. The molecule has 2 rings (SSSR count). The Balaban J connectivity index is 2.25. The van der Waals surface area contributed by atoms with Gasteiger partial charge in [0.15, 0.2) is 0 Å². The molecule has 2 aromatic rings. The standard InChI is InChI=1S/C14H9BrClFN2OS/c15-10-6-8(17)2-3-9(10)14(20)19-12-4-1-7(13(18)21)5-11(12)16/h1-6H,(H2,18,21)(H,19,20). The molecule has 0 atom stereocenters. The fourth-order valence-electron chi connectivity index (χ4n) is 1.63. The zero-order chi connectivity index (χ0) is 15.6. The number of amides is 1. The molecule has 0 bridgehead atoms. The summed E-state index contributed by atoms with van der Waals surface area (Å²) >= 11 is 14.1. The van der Waals surface area contributed by atoms with Crippen LogP contribution in [0.25, 0.3) is 0 Å². The van der Waals surface area contributed by atoms with Crippen LogP contribution in [-0.2, 0) is 0 Å². The summed E-state index contributed by atoms with van der Waals surface area (Å²) in [6.07, 6.45) is 0. The average Bonchev–Trinajstić information content (AvgIpc) is 2.40. The maximum atomic E-state index is 13.0.